The van der Waals surface area contributed by atoms with Gasteiger partial charge in [0.2, 0.25) is 5.95 Å². The van der Waals surface area contributed by atoms with Crippen LogP contribution in [-0.4, -0.2) is 57.7 Å². The normalized spacial score (nSPS) is 13.6. The van der Waals surface area contributed by atoms with E-state index in [1.54, 1.807) is 0 Å². The van der Waals surface area contributed by atoms with Crippen LogP contribution < -0.4 is 16.6 Å². The smallest absolute Gasteiger partial charge is 0.323 e. The molecule has 0 spiro atoms. The number of H-pyrrole nitrogens is 2. The maximum atomic E-state index is 12.5. The van der Waals surface area contributed by atoms with Crippen molar-refractivity contribution in [3.8, 4) is 0 Å². The standard InChI is InChI=1S/C34H58N6O5/c1-4-6-7-8-9-10-11-12-13-14-15-16-17-18-19-20-28(41)45-24-27(21-22-44-33(43)29(35)26(3)5-2)23-36-34-39-31-30(32(42)40-34)37-25-38-31/h12-13,25-27,29H,4-11,14-24,35H2,1-3H3,(H3,36,37,38,39,40,42)/t26-,27?,29-/m0/s1. The molecule has 2 heterocycles. The Balaban J connectivity index is 1.67. The number of ether oxygens (including phenoxy) is 2. The van der Waals surface area contributed by atoms with E-state index in [0.717, 1.165) is 32.1 Å². The Morgan fingerprint density at radius 3 is 2.33 bits per heavy atom. The van der Waals surface area contributed by atoms with Crippen molar-refractivity contribution in [3.05, 3.63) is 28.8 Å². The van der Waals surface area contributed by atoms with E-state index >= 15 is 0 Å². The predicted octanol–water partition coefficient (Wildman–Crippen LogP) is 6.56. The number of imidazole rings is 1. The molecule has 0 saturated carbocycles. The van der Waals surface area contributed by atoms with Crippen LogP contribution in [0.15, 0.2) is 23.3 Å². The summed E-state index contributed by atoms with van der Waals surface area (Å²) in [6.07, 6.45) is 23.3. The zero-order valence-electron chi connectivity index (χ0n) is 27.9. The number of aromatic nitrogens is 4. The fraction of sp³-hybridized carbons (Fsp3) is 0.735. The number of anilines is 1. The molecular weight excluding hydrogens is 572 g/mol. The summed E-state index contributed by atoms with van der Waals surface area (Å²) in [7, 11) is 0. The number of rotatable bonds is 26. The van der Waals surface area contributed by atoms with Crippen LogP contribution in [0, 0.1) is 11.8 Å². The molecule has 11 heteroatoms. The topological polar surface area (TPSA) is 165 Å². The summed E-state index contributed by atoms with van der Waals surface area (Å²) in [5, 5.41) is 3.10. The molecule has 1 unspecified atom stereocenters. The Morgan fingerprint density at radius 1 is 0.978 bits per heavy atom. The van der Waals surface area contributed by atoms with Gasteiger partial charge in [0.25, 0.3) is 5.56 Å². The molecule has 2 rings (SSSR count). The number of carbonyl (C=O) groups is 2. The molecule has 0 amide bonds. The van der Waals surface area contributed by atoms with Crippen LogP contribution in [0.2, 0.25) is 0 Å². The Bertz CT molecular complexity index is 1180. The molecule has 0 saturated heterocycles. The second-order valence-corrected chi connectivity index (χ2v) is 12.1. The molecule has 0 aliphatic heterocycles. The van der Waals surface area contributed by atoms with Gasteiger partial charge in [0.15, 0.2) is 11.2 Å². The summed E-state index contributed by atoms with van der Waals surface area (Å²) < 4.78 is 11.0. The van der Waals surface area contributed by atoms with Crippen molar-refractivity contribution in [1.82, 2.24) is 19.9 Å². The van der Waals surface area contributed by atoms with Crippen molar-refractivity contribution in [2.24, 2.45) is 17.6 Å². The van der Waals surface area contributed by atoms with Crippen LogP contribution in [0.1, 0.15) is 124 Å². The van der Waals surface area contributed by atoms with Gasteiger partial charge in [-0.2, -0.15) is 4.98 Å². The lowest BCUT2D eigenvalue weighted by Crippen LogP contribution is -2.38. The van der Waals surface area contributed by atoms with E-state index in [-0.39, 0.29) is 42.5 Å². The molecule has 0 radical (unpaired) electrons. The number of unbranched alkanes of at least 4 members (excludes halogenated alkanes) is 11. The molecule has 0 aliphatic carbocycles. The Morgan fingerprint density at radius 2 is 1.64 bits per heavy atom. The van der Waals surface area contributed by atoms with E-state index in [9.17, 15) is 14.4 Å². The molecule has 0 fully saturated rings. The first-order chi connectivity index (χ1) is 21.8. The highest BCUT2D eigenvalue weighted by atomic mass is 16.5. The van der Waals surface area contributed by atoms with Gasteiger partial charge >= 0.3 is 11.9 Å². The lowest BCUT2D eigenvalue weighted by Gasteiger charge is -2.20. The maximum Gasteiger partial charge on any atom is 0.323 e. The van der Waals surface area contributed by atoms with Gasteiger partial charge in [0.1, 0.15) is 6.04 Å². The van der Waals surface area contributed by atoms with Gasteiger partial charge in [-0.3, -0.25) is 19.4 Å². The molecule has 0 bridgehead atoms. The van der Waals surface area contributed by atoms with Crippen molar-refractivity contribution >= 4 is 29.1 Å². The van der Waals surface area contributed by atoms with Gasteiger partial charge in [-0.05, 0) is 44.4 Å². The number of hydrogen-bond donors (Lipinski definition) is 4. The minimum Gasteiger partial charge on any atom is -0.465 e. The van der Waals surface area contributed by atoms with Crippen LogP contribution in [0.25, 0.3) is 11.2 Å². The largest absolute Gasteiger partial charge is 0.465 e. The van der Waals surface area contributed by atoms with Crippen molar-refractivity contribution < 1.29 is 19.1 Å². The van der Waals surface area contributed by atoms with E-state index in [4.69, 9.17) is 15.2 Å². The van der Waals surface area contributed by atoms with Crippen molar-refractivity contribution in [1.29, 1.82) is 0 Å². The molecule has 0 aromatic carbocycles. The fourth-order valence-corrected chi connectivity index (χ4v) is 4.94. The summed E-state index contributed by atoms with van der Waals surface area (Å²) in [6.45, 7) is 6.78. The van der Waals surface area contributed by atoms with Crippen molar-refractivity contribution in [2.45, 2.75) is 130 Å². The van der Waals surface area contributed by atoms with Crippen molar-refractivity contribution in [2.75, 3.05) is 25.1 Å². The highest BCUT2D eigenvalue weighted by molar-refractivity contribution is 5.75. The molecule has 254 valence electrons. The number of nitrogens with one attached hydrogen (secondary N) is 3. The second-order valence-electron chi connectivity index (χ2n) is 12.1. The van der Waals surface area contributed by atoms with Crippen LogP contribution in [0.4, 0.5) is 5.95 Å². The van der Waals surface area contributed by atoms with E-state index in [2.05, 4.69) is 44.3 Å². The minimum absolute atomic E-state index is 0.0207. The molecule has 2 aromatic rings. The summed E-state index contributed by atoms with van der Waals surface area (Å²) in [4.78, 5) is 50.8. The van der Waals surface area contributed by atoms with Gasteiger partial charge in [-0.1, -0.05) is 90.7 Å². The third-order valence-corrected chi connectivity index (χ3v) is 8.28. The van der Waals surface area contributed by atoms with Gasteiger partial charge in [-0.25, -0.2) is 4.98 Å². The molecule has 5 N–H and O–H groups in total. The molecule has 2 aromatic heterocycles. The Hall–Kier alpha value is -3.21. The molecule has 45 heavy (non-hydrogen) atoms. The molecule has 3 atom stereocenters. The zero-order chi connectivity index (χ0) is 32.7. The number of allylic oxidation sites excluding steroid dienone is 2. The summed E-state index contributed by atoms with van der Waals surface area (Å²) >= 11 is 0. The van der Waals surface area contributed by atoms with Crippen LogP contribution >= 0.6 is 0 Å². The monoisotopic (exact) mass is 630 g/mol. The average molecular weight is 631 g/mol. The highest BCUT2D eigenvalue weighted by Crippen LogP contribution is 2.13. The lowest BCUT2D eigenvalue weighted by atomic mass is 10.0. The maximum absolute atomic E-state index is 12.5. The number of nitrogens with two attached hydrogens (primary N) is 1. The SMILES string of the molecule is CCCCCCCCC=CCCCCCCCC(=O)OCC(CCOC(=O)[C@@H](N)[C@@H](C)CC)CNc1nc2nc[nH]c2c(=O)[nH]1. The molecular formula is C34H58N6O5. The number of hydrogen-bond acceptors (Lipinski definition) is 9. The number of carbonyl (C=O) groups excluding carboxylic acids is 2. The van der Waals surface area contributed by atoms with E-state index < -0.39 is 12.0 Å². The van der Waals surface area contributed by atoms with Crippen molar-refractivity contribution in [3.63, 3.8) is 0 Å². The van der Waals surface area contributed by atoms with E-state index in [1.807, 2.05) is 13.8 Å². The first kappa shape index (κ1) is 38.0. The Kier molecular flexibility index (Phi) is 19.6. The third-order valence-electron chi connectivity index (χ3n) is 8.28. The summed E-state index contributed by atoms with van der Waals surface area (Å²) in [5.41, 5.74) is 6.26. The van der Waals surface area contributed by atoms with Crippen LogP contribution in [0.3, 0.4) is 0 Å². The molecule has 11 nitrogen and oxygen atoms in total. The predicted molar refractivity (Wildman–Crippen MR) is 180 cm³/mol. The second kappa shape index (κ2) is 23.2. The number of fused-ring (bicyclic) bond motifs is 1. The minimum atomic E-state index is -0.675. The first-order valence-electron chi connectivity index (χ1n) is 17.3. The van der Waals surface area contributed by atoms with Gasteiger partial charge in [0.05, 0.1) is 19.5 Å². The zero-order valence-corrected chi connectivity index (χ0v) is 27.9. The van der Waals surface area contributed by atoms with Gasteiger partial charge in [0, 0.05) is 18.9 Å². The highest BCUT2D eigenvalue weighted by Gasteiger charge is 2.22. The summed E-state index contributed by atoms with van der Waals surface area (Å²) in [6, 6.07) is -0.675. The van der Waals surface area contributed by atoms with Crippen LogP contribution in [0.5, 0.6) is 0 Å². The average Bonchev–Trinajstić information content (AvgIpc) is 3.52. The first-order valence-corrected chi connectivity index (χ1v) is 17.3. The third kappa shape index (κ3) is 16.1. The number of aromatic amines is 2. The number of esters is 2. The van der Waals surface area contributed by atoms with E-state index in [1.165, 1.54) is 64.1 Å². The van der Waals surface area contributed by atoms with Gasteiger partial charge in [-0.15, -0.1) is 0 Å². The Labute approximate surface area is 268 Å². The van der Waals surface area contributed by atoms with Gasteiger partial charge < -0.3 is 25.5 Å². The number of nitrogens with zero attached hydrogens (tertiary/aromatic N) is 2. The fourth-order valence-electron chi connectivity index (χ4n) is 4.94. The van der Waals surface area contributed by atoms with E-state index in [0.29, 0.717) is 30.6 Å². The quantitative estimate of drug-likeness (QED) is 0.0511. The molecule has 0 aliphatic rings. The summed E-state index contributed by atoms with van der Waals surface area (Å²) in [5.74, 6) is -0.576. The lowest BCUT2D eigenvalue weighted by molar-refractivity contribution is -0.149. The van der Waals surface area contributed by atoms with Crippen LogP contribution in [-0.2, 0) is 19.1 Å².